The van der Waals surface area contributed by atoms with E-state index in [0.29, 0.717) is 5.82 Å². The molecule has 0 aliphatic carbocycles. The Morgan fingerprint density at radius 3 is 2.81 bits per heavy atom. The second-order valence-electron chi connectivity index (χ2n) is 3.47. The third kappa shape index (κ3) is 2.62. The van der Waals surface area contributed by atoms with Crippen molar-refractivity contribution in [1.82, 2.24) is 4.98 Å². The Morgan fingerprint density at radius 1 is 1.69 bits per heavy atom. The summed E-state index contributed by atoms with van der Waals surface area (Å²) in [5, 5.41) is 18.0. The Balaban J connectivity index is 3.07. The van der Waals surface area contributed by atoms with E-state index in [-0.39, 0.29) is 23.2 Å². The van der Waals surface area contributed by atoms with Gasteiger partial charge in [0.15, 0.2) is 0 Å². The van der Waals surface area contributed by atoms with Gasteiger partial charge >= 0.3 is 5.97 Å². The van der Waals surface area contributed by atoms with Crippen LogP contribution in [-0.2, 0) is 0 Å². The molecule has 16 heavy (non-hydrogen) atoms. The number of rotatable bonds is 4. The second-order valence-corrected chi connectivity index (χ2v) is 3.88. The van der Waals surface area contributed by atoms with Gasteiger partial charge in [0.05, 0.1) is 23.2 Å². The highest BCUT2D eigenvalue weighted by Crippen LogP contribution is 2.20. The fourth-order valence-electron chi connectivity index (χ4n) is 1.13. The summed E-state index contributed by atoms with van der Waals surface area (Å²) in [4.78, 5) is 16.5. The minimum Gasteiger partial charge on any atom is -0.478 e. The van der Waals surface area contributed by atoms with Crippen LogP contribution in [0, 0.1) is 0 Å². The maximum Gasteiger partial charge on any atom is 0.337 e. The van der Waals surface area contributed by atoms with Crippen molar-refractivity contribution >= 4 is 23.4 Å². The summed E-state index contributed by atoms with van der Waals surface area (Å²) in [6.07, 6.45) is 1.29. The Labute approximate surface area is 98.3 Å². The normalized spacial score (nSPS) is 12.2. The van der Waals surface area contributed by atoms with Crippen LogP contribution in [-0.4, -0.2) is 40.9 Å². The molecule has 0 bridgehead atoms. The molecular weight excluding hydrogens is 232 g/mol. The monoisotopic (exact) mass is 244 g/mol. The van der Waals surface area contributed by atoms with Crippen LogP contribution in [0.15, 0.2) is 12.3 Å². The number of pyridine rings is 1. The quantitative estimate of drug-likeness (QED) is 0.834. The molecule has 5 nitrogen and oxygen atoms in total. The van der Waals surface area contributed by atoms with Gasteiger partial charge in [0.2, 0.25) is 0 Å². The van der Waals surface area contributed by atoms with Gasteiger partial charge in [0.25, 0.3) is 0 Å². The summed E-state index contributed by atoms with van der Waals surface area (Å²) in [5.41, 5.74) is 0.00339. The van der Waals surface area contributed by atoms with Crippen LogP contribution in [0.3, 0.4) is 0 Å². The van der Waals surface area contributed by atoms with Crippen LogP contribution >= 0.6 is 11.6 Å². The SMILES string of the molecule is CC(CO)N(C)c1cc(C(=O)O)c(Cl)cn1. The summed E-state index contributed by atoms with van der Waals surface area (Å²) in [7, 11) is 1.72. The molecule has 2 N–H and O–H groups in total. The molecule has 1 atom stereocenters. The first-order valence-corrected chi connectivity index (χ1v) is 5.07. The van der Waals surface area contributed by atoms with Crippen LogP contribution in [0.2, 0.25) is 5.02 Å². The van der Waals surface area contributed by atoms with Crippen LogP contribution in [0.4, 0.5) is 5.82 Å². The van der Waals surface area contributed by atoms with Crippen LogP contribution < -0.4 is 4.90 Å². The van der Waals surface area contributed by atoms with Crippen molar-refractivity contribution < 1.29 is 15.0 Å². The number of hydrogen-bond donors (Lipinski definition) is 2. The molecule has 1 aromatic rings. The third-order valence-electron chi connectivity index (χ3n) is 2.36. The molecule has 0 radical (unpaired) electrons. The number of likely N-dealkylation sites (N-methyl/N-ethyl adjacent to an activating group) is 1. The summed E-state index contributed by atoms with van der Waals surface area (Å²) < 4.78 is 0. The maximum atomic E-state index is 10.9. The van der Waals surface area contributed by atoms with Gasteiger partial charge in [-0.05, 0) is 13.0 Å². The van der Waals surface area contributed by atoms with Gasteiger partial charge in [-0.25, -0.2) is 9.78 Å². The summed E-state index contributed by atoms with van der Waals surface area (Å²) >= 11 is 5.70. The smallest absolute Gasteiger partial charge is 0.337 e. The number of carboxylic acid groups (broad SMARTS) is 1. The van der Waals surface area contributed by atoms with Gasteiger partial charge in [-0.3, -0.25) is 0 Å². The Morgan fingerprint density at radius 2 is 2.31 bits per heavy atom. The fraction of sp³-hybridized carbons (Fsp3) is 0.400. The number of aliphatic hydroxyl groups excluding tert-OH is 1. The first-order chi connectivity index (χ1) is 7.47. The molecule has 1 aromatic heterocycles. The number of hydrogen-bond acceptors (Lipinski definition) is 4. The summed E-state index contributed by atoms with van der Waals surface area (Å²) in [6, 6.07) is 1.24. The van der Waals surface area contributed by atoms with Crippen molar-refractivity contribution in [3.8, 4) is 0 Å². The van der Waals surface area contributed by atoms with E-state index in [1.807, 2.05) is 0 Å². The van der Waals surface area contributed by atoms with Gasteiger partial charge in [-0.1, -0.05) is 11.6 Å². The number of aliphatic hydroxyl groups is 1. The predicted molar refractivity (Wildman–Crippen MR) is 61.2 cm³/mol. The number of anilines is 1. The predicted octanol–water partition coefficient (Wildman–Crippen LogP) is 1.25. The third-order valence-corrected chi connectivity index (χ3v) is 2.66. The minimum atomic E-state index is -1.10. The van der Waals surface area contributed by atoms with Crippen molar-refractivity contribution in [1.29, 1.82) is 0 Å². The summed E-state index contributed by atoms with van der Waals surface area (Å²) in [6.45, 7) is 1.76. The molecule has 0 aliphatic heterocycles. The van der Waals surface area contributed by atoms with Crippen molar-refractivity contribution in [2.24, 2.45) is 0 Å². The number of carbonyl (C=O) groups is 1. The molecule has 88 valence electrons. The second kappa shape index (κ2) is 5.14. The lowest BCUT2D eigenvalue weighted by Gasteiger charge is -2.24. The fourth-order valence-corrected chi connectivity index (χ4v) is 1.32. The first kappa shape index (κ1) is 12.7. The lowest BCUT2D eigenvalue weighted by molar-refractivity contribution is 0.0697. The molecule has 6 heteroatoms. The number of nitrogens with zero attached hydrogens (tertiary/aromatic N) is 2. The average molecular weight is 245 g/mol. The average Bonchev–Trinajstić information content (AvgIpc) is 2.27. The van der Waals surface area contributed by atoms with Crippen molar-refractivity contribution in [3.63, 3.8) is 0 Å². The van der Waals surface area contributed by atoms with E-state index < -0.39 is 5.97 Å². The topological polar surface area (TPSA) is 73.7 Å². The highest BCUT2D eigenvalue weighted by Gasteiger charge is 2.15. The van der Waals surface area contributed by atoms with E-state index in [2.05, 4.69) is 4.98 Å². The standard InChI is InChI=1S/C10H13ClN2O3/c1-6(5-14)13(2)9-3-7(10(15)16)8(11)4-12-9/h3-4,6,14H,5H2,1-2H3,(H,15,16). The zero-order valence-electron chi connectivity index (χ0n) is 9.01. The van der Waals surface area contributed by atoms with Gasteiger partial charge in [0, 0.05) is 13.2 Å². The van der Waals surface area contributed by atoms with E-state index in [9.17, 15) is 4.79 Å². The molecule has 0 amide bonds. The number of aromatic carboxylic acids is 1. The molecule has 0 aliphatic rings. The lowest BCUT2D eigenvalue weighted by Crippen LogP contribution is -2.32. The van der Waals surface area contributed by atoms with Crippen molar-refractivity contribution in [2.45, 2.75) is 13.0 Å². The lowest BCUT2D eigenvalue weighted by atomic mass is 10.2. The molecular formula is C10H13ClN2O3. The highest BCUT2D eigenvalue weighted by molar-refractivity contribution is 6.33. The van der Waals surface area contributed by atoms with Crippen LogP contribution in [0.1, 0.15) is 17.3 Å². The number of aromatic nitrogens is 1. The van der Waals surface area contributed by atoms with Crippen LogP contribution in [0.5, 0.6) is 0 Å². The molecule has 1 heterocycles. The Hall–Kier alpha value is -1.33. The summed E-state index contributed by atoms with van der Waals surface area (Å²) in [5.74, 6) is -0.637. The Kier molecular flexibility index (Phi) is 4.09. The zero-order chi connectivity index (χ0) is 12.3. The molecule has 1 unspecified atom stereocenters. The van der Waals surface area contributed by atoms with Gasteiger partial charge in [0.1, 0.15) is 5.82 Å². The van der Waals surface area contributed by atoms with Gasteiger partial charge in [-0.2, -0.15) is 0 Å². The van der Waals surface area contributed by atoms with Crippen molar-refractivity contribution in [2.75, 3.05) is 18.6 Å². The number of carboxylic acids is 1. The van der Waals surface area contributed by atoms with E-state index in [1.165, 1.54) is 12.3 Å². The van der Waals surface area contributed by atoms with Gasteiger partial charge < -0.3 is 15.1 Å². The largest absolute Gasteiger partial charge is 0.478 e. The molecule has 0 saturated carbocycles. The minimum absolute atomic E-state index is 0.00339. The molecule has 1 rings (SSSR count). The van der Waals surface area contributed by atoms with Gasteiger partial charge in [-0.15, -0.1) is 0 Å². The maximum absolute atomic E-state index is 10.9. The molecule has 0 spiro atoms. The van der Waals surface area contributed by atoms with Crippen molar-refractivity contribution in [3.05, 3.63) is 22.8 Å². The van der Waals surface area contributed by atoms with E-state index in [0.717, 1.165) is 0 Å². The Bertz CT molecular complexity index is 398. The van der Waals surface area contributed by atoms with E-state index >= 15 is 0 Å². The number of halogens is 1. The van der Waals surface area contributed by atoms with E-state index in [1.54, 1.807) is 18.9 Å². The van der Waals surface area contributed by atoms with E-state index in [4.69, 9.17) is 21.8 Å². The zero-order valence-corrected chi connectivity index (χ0v) is 9.77. The molecule has 0 saturated heterocycles. The van der Waals surface area contributed by atoms with Crippen LogP contribution in [0.25, 0.3) is 0 Å². The molecule has 0 aromatic carbocycles. The highest BCUT2D eigenvalue weighted by atomic mass is 35.5. The molecule has 0 fully saturated rings. The first-order valence-electron chi connectivity index (χ1n) is 4.70.